The molecule has 0 spiro atoms. The normalized spacial score (nSPS) is 19.0. The number of benzene rings is 1. The van der Waals surface area contributed by atoms with Gasteiger partial charge in [0.1, 0.15) is 0 Å². The minimum absolute atomic E-state index is 0.0500. The van der Waals surface area contributed by atoms with E-state index in [0.29, 0.717) is 17.2 Å². The van der Waals surface area contributed by atoms with E-state index in [1.807, 2.05) is 0 Å². The first kappa shape index (κ1) is 19.8. The van der Waals surface area contributed by atoms with Gasteiger partial charge in [-0.2, -0.15) is 0 Å². The summed E-state index contributed by atoms with van der Waals surface area (Å²) < 4.78 is 15.7. The second-order valence-corrected chi connectivity index (χ2v) is 6.77. The lowest BCUT2D eigenvalue weighted by Crippen LogP contribution is -2.40. The Morgan fingerprint density at radius 2 is 1.75 bits per heavy atom. The molecule has 1 aromatic carbocycles. The third-order valence-corrected chi connectivity index (χ3v) is 4.87. The third kappa shape index (κ3) is 4.45. The van der Waals surface area contributed by atoms with E-state index in [2.05, 4.69) is 10.6 Å². The summed E-state index contributed by atoms with van der Waals surface area (Å²) in [5.74, 6) is 0.181. The van der Waals surface area contributed by atoms with Gasteiger partial charge < -0.3 is 30.3 Å². The van der Waals surface area contributed by atoms with E-state index in [1.54, 1.807) is 24.3 Å². The largest absolute Gasteiger partial charge is 0.493 e. The van der Waals surface area contributed by atoms with Gasteiger partial charge in [-0.3, -0.25) is 9.59 Å². The predicted octanol–water partition coefficient (Wildman–Crippen LogP) is 2.55. The highest BCUT2D eigenvalue weighted by Crippen LogP contribution is 2.34. The lowest BCUT2D eigenvalue weighted by molar-refractivity contribution is 0.0926. The maximum absolute atomic E-state index is 12.9. The van der Waals surface area contributed by atoms with Crippen LogP contribution in [-0.4, -0.2) is 38.1 Å². The molecule has 0 atom stereocenters. The maximum atomic E-state index is 12.9. The smallest absolute Gasteiger partial charge is 0.291 e. The number of methoxy groups -OCH3 is 2. The van der Waals surface area contributed by atoms with Crippen LogP contribution >= 0.6 is 0 Å². The minimum Gasteiger partial charge on any atom is -0.493 e. The van der Waals surface area contributed by atoms with Crippen LogP contribution in [0.1, 0.15) is 46.6 Å². The van der Waals surface area contributed by atoms with Crippen molar-refractivity contribution in [1.82, 2.24) is 5.32 Å². The molecule has 1 saturated carbocycles. The van der Waals surface area contributed by atoms with Crippen molar-refractivity contribution < 1.29 is 23.5 Å². The Labute approximate surface area is 163 Å². The predicted molar refractivity (Wildman–Crippen MR) is 104 cm³/mol. The van der Waals surface area contributed by atoms with Gasteiger partial charge in [-0.25, -0.2) is 0 Å². The van der Waals surface area contributed by atoms with Crippen LogP contribution in [-0.2, 0) is 0 Å². The van der Waals surface area contributed by atoms with E-state index < -0.39 is 5.91 Å². The van der Waals surface area contributed by atoms with Crippen molar-refractivity contribution in [2.45, 2.75) is 37.8 Å². The Bertz CT molecular complexity index is 827. The molecule has 1 aliphatic rings. The average Bonchev–Trinajstić information content (AvgIpc) is 3.24. The number of amides is 2. The molecule has 1 heterocycles. The van der Waals surface area contributed by atoms with Crippen LogP contribution in [0.25, 0.3) is 0 Å². The Balaban J connectivity index is 1.86. The van der Waals surface area contributed by atoms with Gasteiger partial charge in [0, 0.05) is 18.2 Å². The fourth-order valence-electron chi connectivity index (χ4n) is 3.29. The maximum Gasteiger partial charge on any atom is 0.291 e. The van der Waals surface area contributed by atoms with Gasteiger partial charge >= 0.3 is 0 Å². The average molecular weight is 387 g/mol. The number of nitrogens with two attached hydrogens (primary N) is 1. The highest BCUT2D eigenvalue weighted by atomic mass is 16.5. The molecule has 150 valence electrons. The molecule has 0 radical (unpaired) electrons. The molecule has 4 N–H and O–H groups in total. The Kier molecular flexibility index (Phi) is 6.20. The van der Waals surface area contributed by atoms with E-state index in [1.165, 1.54) is 20.5 Å². The summed E-state index contributed by atoms with van der Waals surface area (Å²) in [6, 6.07) is 6.52. The summed E-state index contributed by atoms with van der Waals surface area (Å²) in [6.07, 6.45) is 4.81. The van der Waals surface area contributed by atoms with Crippen LogP contribution < -0.4 is 25.8 Å². The van der Waals surface area contributed by atoms with Crippen LogP contribution in [0, 0.1) is 0 Å². The van der Waals surface area contributed by atoms with Gasteiger partial charge in [0.15, 0.2) is 17.3 Å². The molecule has 0 unspecified atom stereocenters. The SMILES string of the molecule is COc1cc(NC(=O)c2ccco2)c(C(=O)NC2CCC(N)CC2)cc1OC. The van der Waals surface area contributed by atoms with Crippen molar-refractivity contribution in [3.63, 3.8) is 0 Å². The number of hydrogen-bond donors (Lipinski definition) is 3. The van der Waals surface area contributed by atoms with Crippen LogP contribution in [0.2, 0.25) is 0 Å². The van der Waals surface area contributed by atoms with Gasteiger partial charge in [-0.15, -0.1) is 0 Å². The van der Waals surface area contributed by atoms with Crippen LogP contribution in [0.15, 0.2) is 34.9 Å². The Morgan fingerprint density at radius 3 is 2.36 bits per heavy atom. The quantitative estimate of drug-likeness (QED) is 0.701. The lowest BCUT2D eigenvalue weighted by Gasteiger charge is -2.27. The second kappa shape index (κ2) is 8.79. The molecule has 1 aliphatic carbocycles. The van der Waals surface area contributed by atoms with Crippen molar-refractivity contribution >= 4 is 17.5 Å². The van der Waals surface area contributed by atoms with Gasteiger partial charge in [-0.1, -0.05) is 0 Å². The molecule has 1 fully saturated rings. The summed E-state index contributed by atoms with van der Waals surface area (Å²) in [5.41, 5.74) is 6.53. The van der Waals surface area contributed by atoms with E-state index >= 15 is 0 Å². The number of carbonyl (C=O) groups is 2. The molecular formula is C20H25N3O5. The lowest BCUT2D eigenvalue weighted by atomic mass is 9.91. The molecule has 0 saturated heterocycles. The molecule has 2 aromatic rings. The number of rotatable bonds is 6. The summed E-state index contributed by atoms with van der Waals surface area (Å²) in [4.78, 5) is 25.3. The summed E-state index contributed by atoms with van der Waals surface area (Å²) in [6.45, 7) is 0. The summed E-state index contributed by atoms with van der Waals surface area (Å²) in [5, 5.41) is 5.74. The Hall–Kier alpha value is -3.00. The highest BCUT2D eigenvalue weighted by Gasteiger charge is 2.24. The number of hydrogen-bond acceptors (Lipinski definition) is 6. The van der Waals surface area contributed by atoms with E-state index in [9.17, 15) is 9.59 Å². The fourth-order valence-corrected chi connectivity index (χ4v) is 3.29. The first-order valence-corrected chi connectivity index (χ1v) is 9.19. The van der Waals surface area contributed by atoms with Crippen molar-refractivity contribution in [3.05, 3.63) is 41.9 Å². The first-order chi connectivity index (χ1) is 13.5. The minimum atomic E-state index is -0.463. The monoisotopic (exact) mass is 387 g/mol. The summed E-state index contributed by atoms with van der Waals surface area (Å²) >= 11 is 0. The fraction of sp³-hybridized carbons (Fsp3) is 0.400. The molecule has 8 heteroatoms. The van der Waals surface area contributed by atoms with Crippen LogP contribution in [0.5, 0.6) is 11.5 Å². The van der Waals surface area contributed by atoms with Gasteiger partial charge in [0.2, 0.25) is 0 Å². The van der Waals surface area contributed by atoms with Crippen molar-refractivity contribution in [3.8, 4) is 11.5 Å². The van der Waals surface area contributed by atoms with E-state index in [-0.39, 0.29) is 29.3 Å². The standard InChI is InChI=1S/C20H25N3O5/c1-26-17-10-14(19(24)22-13-7-5-12(21)6-8-13)15(11-18(17)27-2)23-20(25)16-4-3-9-28-16/h3-4,9-13H,5-8,21H2,1-2H3,(H,22,24)(H,23,25). The number of nitrogens with one attached hydrogen (secondary N) is 2. The zero-order chi connectivity index (χ0) is 20.1. The Morgan fingerprint density at radius 1 is 1.07 bits per heavy atom. The number of ether oxygens (including phenoxy) is 2. The number of anilines is 1. The van der Waals surface area contributed by atoms with Gasteiger partial charge in [-0.05, 0) is 43.9 Å². The zero-order valence-electron chi connectivity index (χ0n) is 16.0. The summed E-state index contributed by atoms with van der Waals surface area (Å²) in [7, 11) is 2.98. The molecule has 8 nitrogen and oxygen atoms in total. The third-order valence-electron chi connectivity index (χ3n) is 4.87. The molecule has 1 aromatic heterocycles. The number of furan rings is 1. The molecule has 2 amide bonds. The molecule has 28 heavy (non-hydrogen) atoms. The highest BCUT2D eigenvalue weighted by molar-refractivity contribution is 6.08. The molecule has 0 bridgehead atoms. The van der Waals surface area contributed by atoms with E-state index in [4.69, 9.17) is 19.6 Å². The number of carbonyl (C=O) groups excluding carboxylic acids is 2. The molecular weight excluding hydrogens is 362 g/mol. The second-order valence-electron chi connectivity index (χ2n) is 6.77. The topological polar surface area (TPSA) is 116 Å². The van der Waals surface area contributed by atoms with Crippen molar-refractivity contribution in [2.24, 2.45) is 5.73 Å². The zero-order valence-corrected chi connectivity index (χ0v) is 16.0. The van der Waals surface area contributed by atoms with E-state index in [0.717, 1.165) is 25.7 Å². The van der Waals surface area contributed by atoms with Crippen molar-refractivity contribution in [2.75, 3.05) is 19.5 Å². The van der Waals surface area contributed by atoms with Crippen molar-refractivity contribution in [1.29, 1.82) is 0 Å². The first-order valence-electron chi connectivity index (χ1n) is 9.19. The van der Waals surface area contributed by atoms with Gasteiger partial charge in [0.05, 0.1) is 31.7 Å². The van der Waals surface area contributed by atoms with Crippen LogP contribution in [0.3, 0.4) is 0 Å². The van der Waals surface area contributed by atoms with Crippen LogP contribution in [0.4, 0.5) is 5.69 Å². The molecule has 0 aliphatic heterocycles. The molecule has 3 rings (SSSR count). The van der Waals surface area contributed by atoms with Gasteiger partial charge in [0.25, 0.3) is 11.8 Å².